The Morgan fingerprint density at radius 1 is 1.19 bits per heavy atom. The van der Waals surface area contributed by atoms with Crippen LogP contribution in [0.1, 0.15) is 54.4 Å². The van der Waals surface area contributed by atoms with Gasteiger partial charge in [-0.25, -0.2) is 9.97 Å². The molecule has 1 aromatic rings. The molecular weight excluding hydrogens is 198 g/mol. The van der Waals surface area contributed by atoms with Gasteiger partial charge in [0, 0.05) is 12.5 Å². The van der Waals surface area contributed by atoms with Gasteiger partial charge in [-0.3, -0.25) is 0 Å². The van der Waals surface area contributed by atoms with Gasteiger partial charge in [-0.05, 0) is 38.3 Å². The third-order valence-corrected chi connectivity index (χ3v) is 3.82. The maximum absolute atomic E-state index is 4.73. The SMILES string of the molecule is Cc1nc2c(c(C3CCCC3)n1)CCNC2. The molecule has 0 aromatic carbocycles. The van der Waals surface area contributed by atoms with Gasteiger partial charge in [-0.1, -0.05) is 12.8 Å². The van der Waals surface area contributed by atoms with Crippen molar-refractivity contribution >= 4 is 0 Å². The van der Waals surface area contributed by atoms with Crippen molar-refractivity contribution in [1.82, 2.24) is 15.3 Å². The Morgan fingerprint density at radius 2 is 2.00 bits per heavy atom. The summed E-state index contributed by atoms with van der Waals surface area (Å²) >= 11 is 0. The number of rotatable bonds is 1. The van der Waals surface area contributed by atoms with Crippen molar-refractivity contribution in [2.75, 3.05) is 6.54 Å². The molecule has 1 saturated carbocycles. The Balaban J connectivity index is 2.04. The lowest BCUT2D eigenvalue weighted by Gasteiger charge is -2.22. The van der Waals surface area contributed by atoms with Crippen LogP contribution in [0, 0.1) is 6.92 Å². The highest BCUT2D eigenvalue weighted by atomic mass is 15.0. The summed E-state index contributed by atoms with van der Waals surface area (Å²) in [7, 11) is 0. The van der Waals surface area contributed by atoms with Gasteiger partial charge in [0.15, 0.2) is 0 Å². The lowest BCUT2D eigenvalue weighted by molar-refractivity contribution is 0.590. The number of fused-ring (bicyclic) bond motifs is 1. The molecule has 0 amide bonds. The van der Waals surface area contributed by atoms with Crippen LogP contribution in [0.5, 0.6) is 0 Å². The van der Waals surface area contributed by atoms with Crippen LogP contribution in [-0.2, 0) is 13.0 Å². The molecule has 3 heteroatoms. The van der Waals surface area contributed by atoms with E-state index in [0.717, 1.165) is 25.3 Å². The molecule has 1 fully saturated rings. The number of hydrogen-bond donors (Lipinski definition) is 1. The molecule has 86 valence electrons. The van der Waals surface area contributed by atoms with Crippen LogP contribution in [0.15, 0.2) is 0 Å². The van der Waals surface area contributed by atoms with Crippen molar-refractivity contribution in [1.29, 1.82) is 0 Å². The van der Waals surface area contributed by atoms with Gasteiger partial charge in [0.1, 0.15) is 5.82 Å². The fourth-order valence-electron chi connectivity index (χ4n) is 3.05. The number of aromatic nitrogens is 2. The number of nitrogens with one attached hydrogen (secondary N) is 1. The maximum Gasteiger partial charge on any atom is 0.125 e. The van der Waals surface area contributed by atoms with E-state index in [1.54, 1.807) is 0 Å². The third kappa shape index (κ3) is 1.73. The normalized spacial score (nSPS) is 21.1. The summed E-state index contributed by atoms with van der Waals surface area (Å²) in [6.07, 6.45) is 6.52. The van der Waals surface area contributed by atoms with E-state index in [1.165, 1.54) is 42.6 Å². The Morgan fingerprint density at radius 3 is 2.81 bits per heavy atom. The molecule has 1 N–H and O–H groups in total. The van der Waals surface area contributed by atoms with Gasteiger partial charge < -0.3 is 5.32 Å². The van der Waals surface area contributed by atoms with E-state index in [9.17, 15) is 0 Å². The second-order valence-electron chi connectivity index (χ2n) is 4.99. The van der Waals surface area contributed by atoms with E-state index in [1.807, 2.05) is 6.92 Å². The molecule has 16 heavy (non-hydrogen) atoms. The van der Waals surface area contributed by atoms with Crippen molar-refractivity contribution in [2.45, 2.75) is 51.5 Å². The maximum atomic E-state index is 4.73. The molecule has 1 aromatic heterocycles. The number of aryl methyl sites for hydroxylation is 1. The van der Waals surface area contributed by atoms with Crippen molar-refractivity contribution in [3.63, 3.8) is 0 Å². The molecule has 1 aliphatic carbocycles. The minimum atomic E-state index is 0.716. The largest absolute Gasteiger partial charge is 0.311 e. The number of nitrogens with zero attached hydrogens (tertiary/aromatic N) is 2. The second-order valence-corrected chi connectivity index (χ2v) is 4.99. The molecule has 0 atom stereocenters. The summed E-state index contributed by atoms with van der Waals surface area (Å²) in [5.74, 6) is 1.66. The Bertz CT molecular complexity index is 394. The molecule has 0 radical (unpaired) electrons. The van der Waals surface area contributed by atoms with Crippen LogP contribution in [0.4, 0.5) is 0 Å². The van der Waals surface area contributed by atoms with E-state index in [2.05, 4.69) is 10.3 Å². The number of hydrogen-bond acceptors (Lipinski definition) is 3. The first-order valence-corrected chi connectivity index (χ1v) is 6.41. The average molecular weight is 217 g/mol. The van der Waals surface area contributed by atoms with E-state index in [0.29, 0.717) is 5.92 Å². The van der Waals surface area contributed by atoms with Gasteiger partial charge in [0.05, 0.1) is 11.4 Å². The molecule has 3 nitrogen and oxygen atoms in total. The standard InChI is InChI=1S/C13H19N3/c1-9-15-12-8-14-7-6-11(12)13(16-9)10-4-2-3-5-10/h10,14H,2-8H2,1H3. The van der Waals surface area contributed by atoms with E-state index in [4.69, 9.17) is 4.98 Å². The van der Waals surface area contributed by atoms with E-state index in [-0.39, 0.29) is 0 Å². The molecule has 3 rings (SSSR count). The molecule has 2 aliphatic rings. The Labute approximate surface area is 96.7 Å². The van der Waals surface area contributed by atoms with Gasteiger partial charge in [-0.15, -0.1) is 0 Å². The van der Waals surface area contributed by atoms with Crippen LogP contribution < -0.4 is 5.32 Å². The molecule has 2 heterocycles. The minimum absolute atomic E-state index is 0.716. The lowest BCUT2D eigenvalue weighted by atomic mass is 9.94. The Hall–Kier alpha value is -0.960. The first kappa shape index (κ1) is 10.2. The Kier molecular flexibility index (Phi) is 2.64. The smallest absolute Gasteiger partial charge is 0.125 e. The van der Waals surface area contributed by atoms with Crippen LogP contribution in [0.2, 0.25) is 0 Å². The minimum Gasteiger partial charge on any atom is -0.311 e. The topological polar surface area (TPSA) is 37.8 Å². The van der Waals surface area contributed by atoms with E-state index >= 15 is 0 Å². The first-order valence-electron chi connectivity index (χ1n) is 6.41. The summed E-state index contributed by atoms with van der Waals surface area (Å²) in [6.45, 7) is 4.03. The molecule has 0 spiro atoms. The lowest BCUT2D eigenvalue weighted by Crippen LogP contribution is -2.27. The zero-order valence-electron chi connectivity index (χ0n) is 9.92. The van der Waals surface area contributed by atoms with Gasteiger partial charge >= 0.3 is 0 Å². The highest BCUT2D eigenvalue weighted by Gasteiger charge is 2.25. The zero-order valence-corrected chi connectivity index (χ0v) is 9.92. The van der Waals surface area contributed by atoms with Crippen LogP contribution in [0.25, 0.3) is 0 Å². The monoisotopic (exact) mass is 217 g/mol. The predicted octanol–water partition coefficient (Wildman–Crippen LogP) is 2.09. The molecule has 0 bridgehead atoms. The molecular formula is C13H19N3. The van der Waals surface area contributed by atoms with Gasteiger partial charge in [0.2, 0.25) is 0 Å². The molecule has 0 unspecified atom stereocenters. The first-order chi connectivity index (χ1) is 7.84. The summed E-state index contributed by atoms with van der Waals surface area (Å²) in [6, 6.07) is 0. The summed E-state index contributed by atoms with van der Waals surface area (Å²) in [5, 5.41) is 3.40. The predicted molar refractivity (Wildman–Crippen MR) is 63.4 cm³/mol. The van der Waals surface area contributed by atoms with Crippen LogP contribution in [-0.4, -0.2) is 16.5 Å². The summed E-state index contributed by atoms with van der Waals surface area (Å²) in [4.78, 5) is 9.30. The third-order valence-electron chi connectivity index (χ3n) is 3.82. The zero-order chi connectivity index (χ0) is 11.0. The summed E-state index contributed by atoms with van der Waals surface area (Å²) < 4.78 is 0. The second kappa shape index (κ2) is 4.13. The highest BCUT2D eigenvalue weighted by molar-refractivity contribution is 5.31. The van der Waals surface area contributed by atoms with Gasteiger partial charge in [-0.2, -0.15) is 0 Å². The van der Waals surface area contributed by atoms with Crippen molar-refractivity contribution in [3.05, 3.63) is 22.8 Å². The van der Waals surface area contributed by atoms with Crippen molar-refractivity contribution in [3.8, 4) is 0 Å². The van der Waals surface area contributed by atoms with Crippen molar-refractivity contribution in [2.24, 2.45) is 0 Å². The molecule has 1 aliphatic heterocycles. The average Bonchev–Trinajstić information content (AvgIpc) is 2.81. The van der Waals surface area contributed by atoms with Crippen molar-refractivity contribution < 1.29 is 0 Å². The fourth-order valence-corrected chi connectivity index (χ4v) is 3.05. The quantitative estimate of drug-likeness (QED) is 0.782. The van der Waals surface area contributed by atoms with E-state index < -0.39 is 0 Å². The molecule has 0 saturated heterocycles. The van der Waals surface area contributed by atoms with Gasteiger partial charge in [0.25, 0.3) is 0 Å². The van der Waals surface area contributed by atoms with Crippen LogP contribution in [0.3, 0.4) is 0 Å². The van der Waals surface area contributed by atoms with Crippen LogP contribution >= 0.6 is 0 Å². The summed E-state index contributed by atoms with van der Waals surface area (Å²) in [5.41, 5.74) is 4.08. The fraction of sp³-hybridized carbons (Fsp3) is 0.692. The highest BCUT2D eigenvalue weighted by Crippen LogP contribution is 2.35.